The minimum Gasteiger partial charge on any atom is -0.350 e. The fourth-order valence-electron chi connectivity index (χ4n) is 1.60. The Morgan fingerprint density at radius 2 is 2.20 bits per heavy atom. The summed E-state index contributed by atoms with van der Waals surface area (Å²) in [6.07, 6.45) is 0.864. The molecule has 1 aromatic carbocycles. The highest BCUT2D eigenvalue weighted by Crippen LogP contribution is 2.18. The van der Waals surface area contributed by atoms with Crippen LogP contribution in [0.25, 0.3) is 0 Å². The quantitative estimate of drug-likeness (QED) is 0.667. The molecule has 2 rings (SSSR count). The first-order chi connectivity index (χ1) is 7.20. The van der Waals surface area contributed by atoms with Crippen molar-refractivity contribution in [3.8, 4) is 0 Å². The third kappa shape index (κ3) is 1.80. The summed E-state index contributed by atoms with van der Waals surface area (Å²) >= 11 is 5.75. The highest BCUT2D eigenvalue weighted by atomic mass is 35.5. The van der Waals surface area contributed by atoms with Crippen molar-refractivity contribution < 1.29 is 4.79 Å². The van der Waals surface area contributed by atoms with E-state index in [0.29, 0.717) is 12.4 Å². The van der Waals surface area contributed by atoms with Gasteiger partial charge in [0, 0.05) is 23.9 Å². The molecule has 1 aromatic rings. The molecule has 0 unspecified atom stereocenters. The molecule has 0 radical (unpaired) electrons. The van der Waals surface area contributed by atoms with Crippen LogP contribution < -0.4 is 5.73 Å². The summed E-state index contributed by atoms with van der Waals surface area (Å²) in [7, 11) is 0. The van der Waals surface area contributed by atoms with Crippen LogP contribution in [0, 0.1) is 0 Å². The van der Waals surface area contributed by atoms with E-state index < -0.39 is 6.03 Å². The second-order valence-electron chi connectivity index (χ2n) is 3.23. The molecule has 78 valence electrons. The number of primary amides is 1. The van der Waals surface area contributed by atoms with Gasteiger partial charge in [0.2, 0.25) is 0 Å². The lowest BCUT2D eigenvalue weighted by atomic mass is 10.0. The monoisotopic (exact) mass is 223 g/mol. The summed E-state index contributed by atoms with van der Waals surface area (Å²) in [5.74, 6) is 0.436. The lowest BCUT2D eigenvalue weighted by Crippen LogP contribution is -2.35. The van der Waals surface area contributed by atoms with Crippen LogP contribution in [0.1, 0.15) is 11.1 Å². The molecule has 1 heterocycles. The number of amidine groups is 1. The van der Waals surface area contributed by atoms with E-state index in [1.54, 1.807) is 0 Å². The molecule has 2 amide bonds. The van der Waals surface area contributed by atoms with Gasteiger partial charge in [-0.25, -0.2) is 4.79 Å². The Balaban J connectivity index is 2.42. The fraction of sp³-hybridized carbons (Fsp3) is 0.200. The van der Waals surface area contributed by atoms with Crippen LogP contribution in [0.3, 0.4) is 0 Å². The van der Waals surface area contributed by atoms with E-state index >= 15 is 0 Å². The van der Waals surface area contributed by atoms with Gasteiger partial charge in [-0.05, 0) is 12.0 Å². The third-order valence-electron chi connectivity index (χ3n) is 2.28. The van der Waals surface area contributed by atoms with Gasteiger partial charge in [-0.1, -0.05) is 24.3 Å². The summed E-state index contributed by atoms with van der Waals surface area (Å²) in [4.78, 5) is 15.1. The second-order valence-corrected chi connectivity index (χ2v) is 3.57. The maximum absolute atomic E-state index is 10.9. The molecule has 0 aromatic heterocycles. The average Bonchev–Trinajstić information content (AvgIpc) is 2.27. The van der Waals surface area contributed by atoms with E-state index in [1.165, 1.54) is 0 Å². The zero-order valence-electron chi connectivity index (χ0n) is 7.98. The van der Waals surface area contributed by atoms with Crippen LogP contribution in [-0.4, -0.2) is 22.8 Å². The molecule has 1 aliphatic heterocycles. The number of carbonyl (C=O) groups is 1. The van der Waals surface area contributed by atoms with Crippen LogP contribution in [0.15, 0.2) is 29.3 Å². The Labute approximate surface area is 92.5 Å². The van der Waals surface area contributed by atoms with E-state index in [-0.39, 0.29) is 0 Å². The van der Waals surface area contributed by atoms with Gasteiger partial charge in [0.1, 0.15) is 0 Å². The molecule has 1 aliphatic rings. The first kappa shape index (κ1) is 9.98. The zero-order valence-corrected chi connectivity index (χ0v) is 8.74. The largest absolute Gasteiger partial charge is 0.350 e. The van der Waals surface area contributed by atoms with E-state index in [2.05, 4.69) is 4.99 Å². The van der Waals surface area contributed by atoms with Crippen molar-refractivity contribution in [2.24, 2.45) is 10.7 Å². The second kappa shape index (κ2) is 3.90. The third-order valence-corrected chi connectivity index (χ3v) is 2.61. The summed E-state index contributed by atoms with van der Waals surface area (Å²) < 4.78 is 0.859. The minimum absolute atomic E-state index is 0.436. The summed E-state index contributed by atoms with van der Waals surface area (Å²) in [6.45, 7) is 0.628. The van der Waals surface area contributed by atoms with Crippen molar-refractivity contribution in [3.05, 3.63) is 35.4 Å². The Hall–Kier alpha value is -1.55. The SMILES string of the molecule is NC(=O)N(Cl)C1=NCCc2ccccc21. The van der Waals surface area contributed by atoms with Crippen molar-refractivity contribution in [3.63, 3.8) is 0 Å². The maximum Gasteiger partial charge on any atom is 0.335 e. The molecule has 0 saturated carbocycles. The lowest BCUT2D eigenvalue weighted by molar-refractivity contribution is 0.243. The maximum atomic E-state index is 10.9. The number of hydrogen-bond acceptors (Lipinski definition) is 2. The summed E-state index contributed by atoms with van der Waals surface area (Å²) in [5, 5.41) is 0. The Morgan fingerprint density at radius 1 is 1.47 bits per heavy atom. The fourth-order valence-corrected chi connectivity index (χ4v) is 1.74. The molecule has 0 fully saturated rings. The van der Waals surface area contributed by atoms with Gasteiger partial charge in [0.25, 0.3) is 0 Å². The van der Waals surface area contributed by atoms with Gasteiger partial charge in [-0.15, -0.1) is 0 Å². The van der Waals surface area contributed by atoms with Crippen molar-refractivity contribution in [1.29, 1.82) is 0 Å². The molecule has 0 spiro atoms. The molecular weight excluding hydrogens is 214 g/mol. The minimum atomic E-state index is -0.716. The molecule has 0 bridgehead atoms. The number of halogens is 1. The van der Waals surface area contributed by atoms with Gasteiger partial charge in [0.05, 0.1) is 0 Å². The van der Waals surface area contributed by atoms with Gasteiger partial charge < -0.3 is 5.73 Å². The predicted octanol–water partition coefficient (Wildman–Crippen LogP) is 1.52. The molecule has 0 atom stereocenters. The highest BCUT2D eigenvalue weighted by Gasteiger charge is 2.21. The normalized spacial score (nSPS) is 14.1. The van der Waals surface area contributed by atoms with Crippen molar-refractivity contribution in [1.82, 2.24) is 4.42 Å². The van der Waals surface area contributed by atoms with Gasteiger partial charge in [-0.3, -0.25) is 4.99 Å². The molecule has 4 nitrogen and oxygen atoms in total. The molecule has 2 N–H and O–H groups in total. The summed E-state index contributed by atoms with van der Waals surface area (Å²) in [6, 6.07) is 6.99. The number of nitrogens with zero attached hydrogens (tertiary/aromatic N) is 2. The van der Waals surface area contributed by atoms with Crippen LogP contribution in [-0.2, 0) is 6.42 Å². The number of carbonyl (C=O) groups excluding carboxylic acids is 1. The Bertz CT molecular complexity index is 430. The highest BCUT2D eigenvalue weighted by molar-refractivity contribution is 6.33. The summed E-state index contributed by atoms with van der Waals surface area (Å²) in [5.41, 5.74) is 7.10. The number of hydrogen-bond donors (Lipinski definition) is 1. The van der Waals surface area contributed by atoms with Crippen LogP contribution in [0.2, 0.25) is 0 Å². The first-order valence-corrected chi connectivity index (χ1v) is 4.92. The number of rotatable bonds is 0. The van der Waals surface area contributed by atoms with Crippen molar-refractivity contribution in [2.45, 2.75) is 6.42 Å². The van der Waals surface area contributed by atoms with Crippen LogP contribution in [0.5, 0.6) is 0 Å². The predicted molar refractivity (Wildman–Crippen MR) is 58.8 cm³/mol. The van der Waals surface area contributed by atoms with Gasteiger partial charge in [0.15, 0.2) is 5.84 Å². The first-order valence-electron chi connectivity index (χ1n) is 4.58. The van der Waals surface area contributed by atoms with Crippen molar-refractivity contribution >= 4 is 23.6 Å². The van der Waals surface area contributed by atoms with Gasteiger partial charge in [-0.2, -0.15) is 4.42 Å². The Kier molecular flexibility index (Phi) is 2.60. The van der Waals surface area contributed by atoms with Crippen LogP contribution >= 0.6 is 11.8 Å². The smallest absolute Gasteiger partial charge is 0.335 e. The van der Waals surface area contributed by atoms with E-state index in [1.807, 2.05) is 24.3 Å². The lowest BCUT2D eigenvalue weighted by Gasteiger charge is -2.20. The molecular formula is C10H10ClN3O. The molecule has 0 saturated heterocycles. The number of aliphatic imine (C=N–C) groups is 1. The van der Waals surface area contributed by atoms with E-state index in [4.69, 9.17) is 17.5 Å². The number of nitrogens with two attached hydrogens (primary N) is 1. The van der Waals surface area contributed by atoms with Crippen LogP contribution in [0.4, 0.5) is 4.79 Å². The number of fused-ring (bicyclic) bond motifs is 1. The molecule has 15 heavy (non-hydrogen) atoms. The molecule has 5 heteroatoms. The average molecular weight is 224 g/mol. The number of benzene rings is 1. The molecule has 0 aliphatic carbocycles. The van der Waals surface area contributed by atoms with Gasteiger partial charge >= 0.3 is 6.03 Å². The van der Waals surface area contributed by atoms with E-state index in [0.717, 1.165) is 22.0 Å². The van der Waals surface area contributed by atoms with Crippen molar-refractivity contribution in [2.75, 3.05) is 6.54 Å². The Morgan fingerprint density at radius 3 is 2.93 bits per heavy atom. The standard InChI is InChI=1S/C10H10ClN3O/c11-14(10(12)15)9-8-4-2-1-3-7(8)5-6-13-9/h1-4H,5-6H2,(H2,12,15). The van der Waals surface area contributed by atoms with E-state index in [9.17, 15) is 4.79 Å². The topological polar surface area (TPSA) is 58.7 Å². The number of amides is 2. The number of urea groups is 1. The zero-order chi connectivity index (χ0) is 10.8.